The maximum Gasteiger partial charge on any atom is 0.231 e. The molecule has 0 radical (unpaired) electrons. The Morgan fingerprint density at radius 2 is 2.11 bits per heavy atom. The van der Waals surface area contributed by atoms with E-state index in [9.17, 15) is 0 Å². The van der Waals surface area contributed by atoms with Gasteiger partial charge in [0.1, 0.15) is 5.75 Å². The van der Waals surface area contributed by atoms with E-state index in [0.29, 0.717) is 18.6 Å². The Morgan fingerprint density at radius 1 is 1.19 bits per heavy atom. The molecule has 1 saturated heterocycles. The van der Waals surface area contributed by atoms with Crippen molar-refractivity contribution in [2.24, 2.45) is 5.92 Å². The molecule has 4 rings (SSSR count). The summed E-state index contributed by atoms with van der Waals surface area (Å²) in [5.74, 6) is 3.57. The van der Waals surface area contributed by atoms with Crippen LogP contribution in [0.25, 0.3) is 0 Å². The van der Waals surface area contributed by atoms with Gasteiger partial charge in [-0.3, -0.25) is 0 Å². The molecule has 0 unspecified atom stereocenters. The average molecular weight is 388 g/mol. The molecule has 2 aliphatic rings. The van der Waals surface area contributed by atoms with Crippen molar-refractivity contribution in [3.63, 3.8) is 0 Å². The number of fused-ring (bicyclic) bond motifs is 1. The van der Waals surface area contributed by atoms with Gasteiger partial charge in [0, 0.05) is 29.3 Å². The van der Waals surface area contributed by atoms with Crippen molar-refractivity contribution in [2.45, 2.75) is 38.5 Å². The summed E-state index contributed by atoms with van der Waals surface area (Å²) in [5, 5.41) is 2.19. The first-order chi connectivity index (χ1) is 13.3. The second-order valence-corrected chi connectivity index (χ2v) is 8.48. The van der Waals surface area contributed by atoms with E-state index in [1.807, 2.05) is 29.5 Å². The van der Waals surface area contributed by atoms with Gasteiger partial charge in [0.2, 0.25) is 6.79 Å². The Labute approximate surface area is 166 Å². The van der Waals surface area contributed by atoms with E-state index in [0.717, 1.165) is 30.4 Å². The minimum atomic E-state index is 0.300. The number of likely N-dealkylation sites (tertiary alicyclic amines) is 1. The normalized spacial score (nSPS) is 22.1. The van der Waals surface area contributed by atoms with Gasteiger partial charge < -0.3 is 19.1 Å². The van der Waals surface area contributed by atoms with Gasteiger partial charge in [-0.15, -0.1) is 11.3 Å². The zero-order valence-electron chi connectivity index (χ0n) is 16.1. The van der Waals surface area contributed by atoms with Crippen LogP contribution in [0.5, 0.6) is 17.2 Å². The molecule has 1 aromatic carbocycles. The third kappa shape index (κ3) is 4.58. The third-order valence-electron chi connectivity index (χ3n) is 5.61. The lowest BCUT2D eigenvalue weighted by molar-refractivity contribution is 0.110. The molecule has 4 nitrogen and oxygen atoms in total. The molecule has 0 aliphatic carbocycles. The van der Waals surface area contributed by atoms with Crippen molar-refractivity contribution in [2.75, 3.05) is 33.0 Å². The maximum atomic E-state index is 6.22. The number of hydrogen-bond donors (Lipinski definition) is 0. The molecule has 0 spiro atoms. The van der Waals surface area contributed by atoms with Crippen LogP contribution in [-0.4, -0.2) is 37.9 Å². The summed E-state index contributed by atoms with van der Waals surface area (Å²) in [6.45, 7) is 6.85. The fraction of sp³-hybridized carbons (Fsp3) is 0.545. The highest BCUT2D eigenvalue weighted by atomic mass is 32.1. The van der Waals surface area contributed by atoms with Crippen LogP contribution in [-0.2, 0) is 0 Å². The monoisotopic (exact) mass is 387 g/mol. The van der Waals surface area contributed by atoms with Crippen LogP contribution >= 0.6 is 11.3 Å². The van der Waals surface area contributed by atoms with Gasteiger partial charge in [-0.1, -0.05) is 25.8 Å². The van der Waals surface area contributed by atoms with E-state index in [1.54, 1.807) is 0 Å². The van der Waals surface area contributed by atoms with Crippen LogP contribution in [0, 0.1) is 5.92 Å². The molecule has 5 heteroatoms. The van der Waals surface area contributed by atoms with E-state index in [4.69, 9.17) is 14.2 Å². The summed E-state index contributed by atoms with van der Waals surface area (Å²) in [6.07, 6.45) is 5.13. The van der Waals surface area contributed by atoms with Crippen molar-refractivity contribution in [1.29, 1.82) is 0 Å². The Balaban J connectivity index is 1.40. The van der Waals surface area contributed by atoms with Crippen LogP contribution < -0.4 is 14.2 Å². The Hall–Kier alpha value is -1.72. The zero-order chi connectivity index (χ0) is 18.5. The molecule has 0 saturated carbocycles. The standard InChI is InChI=1S/C22H29NO3S/c1-2-3-4-10-23-11-9-19(22-6-5-12-27-22)17(14-23)15-24-18-7-8-20-21(13-18)26-16-25-20/h5-8,12-13,17,19H,2-4,9-11,14-16H2,1H3/t17-,19+/m0/s1. The summed E-state index contributed by atoms with van der Waals surface area (Å²) in [5.41, 5.74) is 0. The summed E-state index contributed by atoms with van der Waals surface area (Å²) < 4.78 is 17.1. The largest absolute Gasteiger partial charge is 0.493 e. The summed E-state index contributed by atoms with van der Waals surface area (Å²) in [4.78, 5) is 4.13. The molecule has 1 aromatic heterocycles. The maximum absolute atomic E-state index is 6.22. The van der Waals surface area contributed by atoms with E-state index in [-0.39, 0.29) is 0 Å². The fourth-order valence-corrected chi connectivity index (χ4v) is 5.07. The molecule has 2 aromatic rings. The topological polar surface area (TPSA) is 30.9 Å². The van der Waals surface area contributed by atoms with E-state index < -0.39 is 0 Å². The third-order valence-corrected chi connectivity index (χ3v) is 6.62. The zero-order valence-corrected chi connectivity index (χ0v) is 16.9. The first kappa shape index (κ1) is 18.6. The number of rotatable bonds is 8. The van der Waals surface area contributed by atoms with Gasteiger partial charge in [0.15, 0.2) is 11.5 Å². The van der Waals surface area contributed by atoms with Crippen LogP contribution in [0.2, 0.25) is 0 Å². The summed E-state index contributed by atoms with van der Waals surface area (Å²) in [6, 6.07) is 10.3. The quantitative estimate of drug-likeness (QED) is 0.586. The average Bonchev–Trinajstić information content (AvgIpc) is 3.38. The number of thiophene rings is 1. The first-order valence-corrected chi connectivity index (χ1v) is 11.0. The van der Waals surface area contributed by atoms with Gasteiger partial charge in [0.25, 0.3) is 0 Å². The van der Waals surface area contributed by atoms with Gasteiger partial charge in [-0.25, -0.2) is 0 Å². The molecule has 0 amide bonds. The van der Waals surface area contributed by atoms with E-state index >= 15 is 0 Å². The van der Waals surface area contributed by atoms with E-state index in [2.05, 4.69) is 29.3 Å². The second kappa shape index (κ2) is 8.98. The Kier molecular flexibility index (Phi) is 6.20. The van der Waals surface area contributed by atoms with Crippen LogP contribution in [0.4, 0.5) is 0 Å². The fourth-order valence-electron chi connectivity index (χ4n) is 4.11. The van der Waals surface area contributed by atoms with Crippen LogP contribution in [0.3, 0.4) is 0 Å². The molecule has 0 bridgehead atoms. The molecule has 1 fully saturated rings. The van der Waals surface area contributed by atoms with Crippen molar-refractivity contribution in [3.8, 4) is 17.2 Å². The SMILES string of the molecule is CCCCCN1CC[C@@H](c2cccs2)[C@H](COc2ccc3c(c2)OCO3)C1. The molecule has 0 N–H and O–H groups in total. The number of unbranched alkanes of at least 4 members (excludes halogenated alkanes) is 2. The number of ether oxygens (including phenoxy) is 3. The van der Waals surface area contributed by atoms with Gasteiger partial charge in [0.05, 0.1) is 6.61 Å². The predicted octanol–water partition coefficient (Wildman–Crippen LogP) is 5.15. The smallest absolute Gasteiger partial charge is 0.231 e. The lowest BCUT2D eigenvalue weighted by Crippen LogP contribution is -2.42. The Morgan fingerprint density at radius 3 is 2.96 bits per heavy atom. The molecule has 2 aliphatic heterocycles. The van der Waals surface area contributed by atoms with Gasteiger partial charge in [-0.2, -0.15) is 0 Å². The molecular formula is C22H29NO3S. The van der Waals surface area contributed by atoms with Gasteiger partial charge in [-0.05, 0) is 49.5 Å². The molecule has 2 atom stereocenters. The summed E-state index contributed by atoms with van der Waals surface area (Å²) in [7, 11) is 0. The Bertz CT molecular complexity index is 718. The lowest BCUT2D eigenvalue weighted by Gasteiger charge is -2.38. The van der Waals surface area contributed by atoms with Gasteiger partial charge >= 0.3 is 0 Å². The number of nitrogens with zero attached hydrogens (tertiary/aromatic N) is 1. The molecular weight excluding hydrogens is 358 g/mol. The lowest BCUT2D eigenvalue weighted by atomic mass is 9.84. The number of benzene rings is 1. The minimum absolute atomic E-state index is 0.300. The predicted molar refractivity (Wildman–Crippen MR) is 109 cm³/mol. The van der Waals surface area contributed by atoms with Crippen LogP contribution in [0.15, 0.2) is 35.7 Å². The van der Waals surface area contributed by atoms with Crippen molar-refractivity contribution >= 4 is 11.3 Å². The number of piperidine rings is 1. The van der Waals surface area contributed by atoms with Crippen molar-refractivity contribution in [3.05, 3.63) is 40.6 Å². The molecule has 27 heavy (non-hydrogen) atoms. The van der Waals surface area contributed by atoms with Crippen molar-refractivity contribution in [1.82, 2.24) is 4.90 Å². The highest BCUT2D eigenvalue weighted by Gasteiger charge is 2.31. The first-order valence-electron chi connectivity index (χ1n) is 10.1. The molecule has 146 valence electrons. The summed E-state index contributed by atoms with van der Waals surface area (Å²) >= 11 is 1.88. The van der Waals surface area contributed by atoms with E-state index in [1.165, 1.54) is 43.6 Å². The van der Waals surface area contributed by atoms with Crippen LogP contribution in [0.1, 0.15) is 43.4 Å². The second-order valence-electron chi connectivity index (χ2n) is 7.50. The highest BCUT2D eigenvalue weighted by Crippen LogP contribution is 2.38. The number of hydrogen-bond acceptors (Lipinski definition) is 5. The molecule has 3 heterocycles. The highest BCUT2D eigenvalue weighted by molar-refractivity contribution is 7.10. The van der Waals surface area contributed by atoms with Crippen molar-refractivity contribution < 1.29 is 14.2 Å². The minimum Gasteiger partial charge on any atom is -0.493 e.